The van der Waals surface area contributed by atoms with Gasteiger partial charge in [0.1, 0.15) is 17.3 Å². The molecule has 0 aliphatic carbocycles. The zero-order chi connectivity index (χ0) is 15.2. The summed E-state index contributed by atoms with van der Waals surface area (Å²) in [5, 5.41) is 5.63. The quantitative estimate of drug-likeness (QED) is 0.864. The van der Waals surface area contributed by atoms with Gasteiger partial charge in [-0.2, -0.15) is 0 Å². The van der Waals surface area contributed by atoms with Gasteiger partial charge in [0, 0.05) is 12.2 Å². The molecule has 0 radical (unpaired) electrons. The molecule has 5 nitrogen and oxygen atoms in total. The van der Waals surface area contributed by atoms with Crippen molar-refractivity contribution < 1.29 is 9.18 Å². The van der Waals surface area contributed by atoms with E-state index in [2.05, 4.69) is 36.5 Å². The summed E-state index contributed by atoms with van der Waals surface area (Å²) in [6, 6.07) is 4.34. The molecule has 1 aromatic heterocycles. The number of halogens is 2. The van der Waals surface area contributed by atoms with E-state index in [1.807, 2.05) is 6.92 Å². The Morgan fingerprint density at radius 3 is 2.76 bits per heavy atom. The number of benzene rings is 1. The second kappa shape index (κ2) is 7.12. The Kier molecular flexibility index (Phi) is 5.21. The fourth-order valence-corrected chi connectivity index (χ4v) is 1.81. The maximum atomic E-state index is 13.4. The van der Waals surface area contributed by atoms with Crippen LogP contribution in [0, 0.1) is 5.82 Å². The predicted molar refractivity (Wildman–Crippen MR) is 82.9 cm³/mol. The van der Waals surface area contributed by atoms with Crippen LogP contribution in [0.25, 0.3) is 0 Å². The van der Waals surface area contributed by atoms with Crippen LogP contribution in [-0.4, -0.2) is 22.4 Å². The first-order valence-corrected chi connectivity index (χ1v) is 7.21. The molecule has 0 saturated heterocycles. The first kappa shape index (κ1) is 15.4. The molecule has 0 fully saturated rings. The molecular weight excluding hydrogens is 339 g/mol. The van der Waals surface area contributed by atoms with Crippen LogP contribution >= 0.6 is 15.9 Å². The van der Waals surface area contributed by atoms with E-state index in [0.29, 0.717) is 16.0 Å². The Balaban J connectivity index is 2.04. The van der Waals surface area contributed by atoms with Crippen molar-refractivity contribution >= 4 is 33.3 Å². The lowest BCUT2D eigenvalue weighted by Crippen LogP contribution is -2.14. The summed E-state index contributed by atoms with van der Waals surface area (Å²) in [7, 11) is 0. The summed E-state index contributed by atoms with van der Waals surface area (Å²) in [5.74, 6) is -0.271. The van der Waals surface area contributed by atoms with E-state index in [0.717, 1.165) is 13.0 Å². The van der Waals surface area contributed by atoms with Crippen LogP contribution in [0.3, 0.4) is 0 Å². The Labute approximate surface area is 130 Å². The minimum Gasteiger partial charge on any atom is -0.369 e. The van der Waals surface area contributed by atoms with E-state index in [9.17, 15) is 9.18 Å². The number of anilines is 2. The van der Waals surface area contributed by atoms with E-state index in [-0.39, 0.29) is 5.69 Å². The van der Waals surface area contributed by atoms with Gasteiger partial charge in [0.05, 0.1) is 16.9 Å². The molecule has 2 rings (SSSR count). The lowest BCUT2D eigenvalue weighted by atomic mass is 10.3. The van der Waals surface area contributed by atoms with Crippen LogP contribution in [0.2, 0.25) is 0 Å². The SMILES string of the molecule is CCCNc1cnc(C(=O)Nc2ccc(Br)c(F)c2)cn1. The molecule has 0 aliphatic heterocycles. The fraction of sp³-hybridized carbons (Fsp3) is 0.214. The fourth-order valence-electron chi connectivity index (χ4n) is 1.56. The summed E-state index contributed by atoms with van der Waals surface area (Å²) in [4.78, 5) is 20.1. The first-order chi connectivity index (χ1) is 10.1. The number of carbonyl (C=O) groups is 1. The van der Waals surface area contributed by atoms with Gasteiger partial charge in [0.2, 0.25) is 0 Å². The molecule has 0 saturated carbocycles. The molecule has 0 aliphatic rings. The monoisotopic (exact) mass is 352 g/mol. The van der Waals surface area contributed by atoms with Crippen LogP contribution in [0.5, 0.6) is 0 Å². The Bertz CT molecular complexity index is 633. The number of hydrogen-bond acceptors (Lipinski definition) is 4. The first-order valence-electron chi connectivity index (χ1n) is 6.42. The third-order valence-corrected chi connectivity index (χ3v) is 3.26. The molecule has 0 spiro atoms. The van der Waals surface area contributed by atoms with E-state index >= 15 is 0 Å². The zero-order valence-electron chi connectivity index (χ0n) is 11.4. The van der Waals surface area contributed by atoms with E-state index in [4.69, 9.17) is 0 Å². The highest BCUT2D eigenvalue weighted by atomic mass is 79.9. The van der Waals surface area contributed by atoms with Crippen LogP contribution in [0.4, 0.5) is 15.9 Å². The Morgan fingerprint density at radius 1 is 1.33 bits per heavy atom. The molecule has 21 heavy (non-hydrogen) atoms. The lowest BCUT2D eigenvalue weighted by molar-refractivity contribution is 0.102. The van der Waals surface area contributed by atoms with Crippen molar-refractivity contribution in [2.45, 2.75) is 13.3 Å². The lowest BCUT2D eigenvalue weighted by Gasteiger charge is -2.06. The maximum absolute atomic E-state index is 13.4. The molecular formula is C14H14BrFN4O. The van der Waals surface area contributed by atoms with Crippen molar-refractivity contribution in [2.24, 2.45) is 0 Å². The third kappa shape index (κ3) is 4.22. The van der Waals surface area contributed by atoms with Gasteiger partial charge in [0.15, 0.2) is 0 Å². The second-order valence-corrected chi connectivity index (χ2v) is 5.15. The topological polar surface area (TPSA) is 66.9 Å². The average molecular weight is 353 g/mol. The molecule has 0 unspecified atom stereocenters. The van der Waals surface area contributed by atoms with E-state index in [1.54, 1.807) is 6.07 Å². The van der Waals surface area contributed by atoms with Crippen LogP contribution < -0.4 is 10.6 Å². The number of carbonyl (C=O) groups excluding carboxylic acids is 1. The molecule has 1 heterocycles. The molecule has 2 N–H and O–H groups in total. The number of nitrogens with zero attached hydrogens (tertiary/aromatic N) is 2. The van der Waals surface area contributed by atoms with Crippen molar-refractivity contribution in [3.05, 3.63) is 46.6 Å². The number of amides is 1. The van der Waals surface area contributed by atoms with Crippen molar-refractivity contribution in [2.75, 3.05) is 17.2 Å². The smallest absolute Gasteiger partial charge is 0.275 e. The van der Waals surface area contributed by atoms with E-state index < -0.39 is 11.7 Å². The molecule has 1 aromatic carbocycles. The molecule has 0 atom stereocenters. The van der Waals surface area contributed by atoms with Crippen LogP contribution in [0.1, 0.15) is 23.8 Å². The van der Waals surface area contributed by atoms with Gasteiger partial charge in [0.25, 0.3) is 5.91 Å². The summed E-state index contributed by atoms with van der Waals surface area (Å²) in [5.41, 5.74) is 0.524. The minimum absolute atomic E-state index is 0.167. The molecule has 7 heteroatoms. The van der Waals surface area contributed by atoms with Crippen LogP contribution in [-0.2, 0) is 0 Å². The number of rotatable bonds is 5. The normalized spacial score (nSPS) is 10.2. The summed E-state index contributed by atoms with van der Waals surface area (Å²) < 4.78 is 13.7. The van der Waals surface area contributed by atoms with Crippen LogP contribution in [0.15, 0.2) is 35.1 Å². The van der Waals surface area contributed by atoms with Crippen molar-refractivity contribution in [1.82, 2.24) is 9.97 Å². The highest BCUT2D eigenvalue weighted by molar-refractivity contribution is 9.10. The van der Waals surface area contributed by atoms with Gasteiger partial charge in [-0.25, -0.2) is 14.4 Å². The molecule has 0 bridgehead atoms. The van der Waals surface area contributed by atoms with Gasteiger partial charge < -0.3 is 10.6 Å². The molecule has 2 aromatic rings. The van der Waals surface area contributed by atoms with Gasteiger partial charge in [-0.15, -0.1) is 0 Å². The predicted octanol–water partition coefficient (Wildman–Crippen LogP) is 3.45. The highest BCUT2D eigenvalue weighted by Crippen LogP contribution is 2.19. The minimum atomic E-state index is -0.446. The highest BCUT2D eigenvalue weighted by Gasteiger charge is 2.09. The van der Waals surface area contributed by atoms with Crippen molar-refractivity contribution in [1.29, 1.82) is 0 Å². The molecule has 110 valence electrons. The van der Waals surface area contributed by atoms with Gasteiger partial charge in [-0.1, -0.05) is 6.92 Å². The molecule has 1 amide bonds. The summed E-state index contributed by atoms with van der Waals surface area (Å²) >= 11 is 3.05. The van der Waals surface area contributed by atoms with Gasteiger partial charge in [-0.05, 0) is 40.5 Å². The number of nitrogens with one attached hydrogen (secondary N) is 2. The third-order valence-electron chi connectivity index (χ3n) is 2.62. The second-order valence-electron chi connectivity index (χ2n) is 4.30. The summed E-state index contributed by atoms with van der Waals surface area (Å²) in [6.07, 6.45) is 3.84. The maximum Gasteiger partial charge on any atom is 0.275 e. The summed E-state index contributed by atoms with van der Waals surface area (Å²) in [6.45, 7) is 2.83. The van der Waals surface area contributed by atoms with Crippen molar-refractivity contribution in [3.63, 3.8) is 0 Å². The zero-order valence-corrected chi connectivity index (χ0v) is 12.9. The Morgan fingerprint density at radius 2 is 2.14 bits per heavy atom. The van der Waals surface area contributed by atoms with Gasteiger partial charge >= 0.3 is 0 Å². The number of aromatic nitrogens is 2. The largest absolute Gasteiger partial charge is 0.369 e. The standard InChI is InChI=1S/C14H14BrFN4O/c1-2-5-17-13-8-18-12(7-19-13)14(21)20-9-3-4-10(15)11(16)6-9/h3-4,6-8H,2,5H2,1H3,(H,17,19)(H,20,21). The number of hydrogen-bond donors (Lipinski definition) is 2. The van der Waals surface area contributed by atoms with Crippen molar-refractivity contribution in [3.8, 4) is 0 Å². The van der Waals surface area contributed by atoms with Gasteiger partial charge in [-0.3, -0.25) is 4.79 Å². The average Bonchev–Trinajstić information content (AvgIpc) is 2.49. The Hall–Kier alpha value is -2.02. The van der Waals surface area contributed by atoms with E-state index in [1.165, 1.54) is 24.5 Å².